The van der Waals surface area contributed by atoms with E-state index in [4.69, 9.17) is 0 Å². The van der Waals surface area contributed by atoms with Gasteiger partial charge in [-0.15, -0.1) is 0 Å². The van der Waals surface area contributed by atoms with Gasteiger partial charge in [0.2, 0.25) is 5.91 Å². The van der Waals surface area contributed by atoms with E-state index in [0.29, 0.717) is 24.4 Å². The molecule has 3 rings (SSSR count). The van der Waals surface area contributed by atoms with Crippen LogP contribution in [0.1, 0.15) is 31.7 Å². The van der Waals surface area contributed by atoms with Crippen molar-refractivity contribution in [2.75, 3.05) is 32.1 Å². The van der Waals surface area contributed by atoms with Crippen LogP contribution < -0.4 is 0 Å². The van der Waals surface area contributed by atoms with Gasteiger partial charge in [-0.2, -0.15) is 11.8 Å². The Hall–Kier alpha value is -1.46. The summed E-state index contributed by atoms with van der Waals surface area (Å²) in [6.07, 6.45) is 8.09. The third-order valence-electron chi connectivity index (χ3n) is 5.83. The molecule has 1 saturated heterocycles. The van der Waals surface area contributed by atoms with Gasteiger partial charge in [-0.3, -0.25) is 4.79 Å². The summed E-state index contributed by atoms with van der Waals surface area (Å²) in [5.74, 6) is 1.49. The number of likely N-dealkylation sites (tertiary alicyclic amines) is 1. The number of benzene rings is 1. The third-order valence-corrected chi connectivity index (χ3v) is 6.48. The summed E-state index contributed by atoms with van der Waals surface area (Å²) in [7, 11) is 2.19. The van der Waals surface area contributed by atoms with Gasteiger partial charge in [-0.05, 0) is 56.9 Å². The van der Waals surface area contributed by atoms with E-state index in [9.17, 15) is 4.79 Å². The highest BCUT2D eigenvalue weighted by Crippen LogP contribution is 2.22. The van der Waals surface area contributed by atoms with Gasteiger partial charge < -0.3 is 14.8 Å². The average molecular weight is 374 g/mol. The second-order valence-electron chi connectivity index (χ2n) is 7.43. The number of H-pyrrole nitrogens is 1. The van der Waals surface area contributed by atoms with Crippen molar-refractivity contribution >= 4 is 28.6 Å². The summed E-state index contributed by atoms with van der Waals surface area (Å²) in [6, 6.07) is 9.31. The summed E-state index contributed by atoms with van der Waals surface area (Å²) < 4.78 is 0. The van der Waals surface area contributed by atoms with E-state index >= 15 is 0 Å². The van der Waals surface area contributed by atoms with Gasteiger partial charge in [-0.25, -0.2) is 0 Å². The molecular weight excluding hydrogens is 342 g/mol. The van der Waals surface area contributed by atoms with E-state index < -0.39 is 0 Å². The second-order valence-corrected chi connectivity index (χ2v) is 8.42. The Morgan fingerprint density at radius 3 is 2.96 bits per heavy atom. The van der Waals surface area contributed by atoms with Crippen LogP contribution in [-0.2, 0) is 11.2 Å². The van der Waals surface area contributed by atoms with Crippen molar-refractivity contribution < 1.29 is 4.79 Å². The lowest BCUT2D eigenvalue weighted by Gasteiger charge is -2.39. The minimum Gasteiger partial charge on any atom is -0.361 e. The van der Waals surface area contributed by atoms with Gasteiger partial charge in [0.1, 0.15) is 0 Å². The highest BCUT2D eigenvalue weighted by molar-refractivity contribution is 7.98. The molecule has 1 aliphatic rings. The van der Waals surface area contributed by atoms with Crippen molar-refractivity contribution in [1.29, 1.82) is 0 Å². The average Bonchev–Trinajstić information content (AvgIpc) is 3.07. The summed E-state index contributed by atoms with van der Waals surface area (Å²) in [4.78, 5) is 20.5. The number of nitrogens with zero attached hydrogens (tertiary/aromatic N) is 2. The van der Waals surface area contributed by atoms with Crippen LogP contribution in [0.25, 0.3) is 10.9 Å². The highest BCUT2D eigenvalue weighted by Gasteiger charge is 2.29. The number of piperidine rings is 1. The van der Waals surface area contributed by atoms with Crippen LogP contribution in [0.3, 0.4) is 0 Å². The summed E-state index contributed by atoms with van der Waals surface area (Å²) in [5, 5.41) is 1.28. The van der Waals surface area contributed by atoms with E-state index in [0.717, 1.165) is 25.9 Å². The van der Waals surface area contributed by atoms with Crippen LogP contribution in [0.2, 0.25) is 0 Å². The van der Waals surface area contributed by atoms with Crippen LogP contribution in [0, 0.1) is 0 Å². The number of nitrogens with one attached hydrogen (secondary N) is 1. The van der Waals surface area contributed by atoms with Crippen LogP contribution in [0.4, 0.5) is 0 Å². The number of fused-ring (bicyclic) bond motifs is 1. The molecule has 4 nitrogen and oxygen atoms in total. The van der Waals surface area contributed by atoms with Crippen molar-refractivity contribution in [3.63, 3.8) is 0 Å². The molecule has 0 saturated carbocycles. The van der Waals surface area contributed by atoms with Crippen LogP contribution in [0.15, 0.2) is 30.5 Å². The molecule has 0 aliphatic carbocycles. The van der Waals surface area contributed by atoms with Gasteiger partial charge in [0, 0.05) is 48.7 Å². The molecule has 1 aromatic carbocycles. The predicted molar refractivity (Wildman–Crippen MR) is 112 cm³/mol. The number of carbonyl (C=O) groups is 1. The summed E-state index contributed by atoms with van der Waals surface area (Å²) in [5.41, 5.74) is 2.48. The lowest BCUT2D eigenvalue weighted by atomic mass is 10.00. The zero-order valence-corrected chi connectivity index (χ0v) is 17.0. The summed E-state index contributed by atoms with van der Waals surface area (Å²) >= 11 is 1.90. The Kier molecular flexibility index (Phi) is 6.65. The molecular formula is C21H31N3OS. The molecule has 0 radical (unpaired) electrons. The molecule has 2 atom stereocenters. The van der Waals surface area contributed by atoms with Crippen molar-refractivity contribution in [1.82, 2.24) is 14.8 Å². The van der Waals surface area contributed by atoms with Gasteiger partial charge in [-0.1, -0.05) is 18.2 Å². The predicted octanol–water partition coefficient (Wildman–Crippen LogP) is 3.77. The monoisotopic (exact) mass is 373 g/mol. The quantitative estimate of drug-likeness (QED) is 0.765. The van der Waals surface area contributed by atoms with Gasteiger partial charge >= 0.3 is 0 Å². The Labute approximate surface area is 161 Å². The normalized spacial score (nSPS) is 19.5. The zero-order chi connectivity index (χ0) is 18.5. The maximum absolute atomic E-state index is 12.7. The molecule has 1 fully saturated rings. The Morgan fingerprint density at radius 1 is 1.38 bits per heavy atom. The number of rotatable bonds is 8. The Morgan fingerprint density at radius 2 is 2.19 bits per heavy atom. The number of carbonyl (C=O) groups excluding carboxylic acids is 1. The first-order valence-corrected chi connectivity index (χ1v) is 11.0. The van der Waals surface area contributed by atoms with Crippen LogP contribution in [0.5, 0.6) is 0 Å². The lowest BCUT2D eigenvalue weighted by Crippen LogP contribution is -2.49. The third kappa shape index (κ3) is 4.44. The first-order chi connectivity index (χ1) is 12.6. The van der Waals surface area contributed by atoms with E-state index in [2.05, 4.69) is 59.4 Å². The molecule has 0 bridgehead atoms. The fourth-order valence-electron chi connectivity index (χ4n) is 3.89. The number of aromatic nitrogens is 1. The Balaban J connectivity index is 1.52. The molecule has 142 valence electrons. The van der Waals surface area contributed by atoms with E-state index in [-0.39, 0.29) is 0 Å². The minimum atomic E-state index is 0.310. The van der Waals surface area contributed by atoms with Crippen molar-refractivity contribution in [3.8, 4) is 0 Å². The largest absolute Gasteiger partial charge is 0.361 e. The number of hydrogen-bond donors (Lipinski definition) is 1. The Bertz CT molecular complexity index is 729. The molecule has 1 amide bonds. The van der Waals surface area contributed by atoms with E-state index in [1.165, 1.54) is 28.6 Å². The molecule has 2 aromatic rings. The summed E-state index contributed by atoms with van der Waals surface area (Å²) in [6.45, 7) is 3.98. The maximum Gasteiger partial charge on any atom is 0.224 e. The highest BCUT2D eigenvalue weighted by atomic mass is 32.2. The number of thioether (sulfide) groups is 1. The SMILES string of the molecule is CSCCC(C)N(C)C1CCN(CCc2c[nH]c3ccccc23)C(=O)C1. The topological polar surface area (TPSA) is 39.3 Å². The smallest absolute Gasteiger partial charge is 0.224 e. The number of aromatic amines is 1. The standard InChI is InChI=1S/C21H31N3OS/c1-16(10-13-26-3)23(2)18-9-12-24(21(25)14-18)11-8-17-15-22-20-7-5-4-6-19(17)20/h4-7,15-16,18,22H,8-14H2,1-3H3. The molecule has 0 spiro atoms. The van der Waals surface area contributed by atoms with Crippen molar-refractivity contribution in [2.24, 2.45) is 0 Å². The van der Waals surface area contributed by atoms with E-state index in [1.807, 2.05) is 17.8 Å². The first kappa shape index (κ1) is 19.3. The van der Waals surface area contributed by atoms with Gasteiger partial charge in [0.15, 0.2) is 0 Å². The molecule has 26 heavy (non-hydrogen) atoms. The molecule has 2 heterocycles. The molecule has 5 heteroatoms. The van der Waals surface area contributed by atoms with Crippen LogP contribution >= 0.6 is 11.8 Å². The second kappa shape index (κ2) is 8.96. The number of para-hydroxylation sites is 1. The fraction of sp³-hybridized carbons (Fsp3) is 0.571. The van der Waals surface area contributed by atoms with Crippen molar-refractivity contribution in [3.05, 3.63) is 36.0 Å². The van der Waals surface area contributed by atoms with Gasteiger partial charge in [0.25, 0.3) is 0 Å². The first-order valence-electron chi connectivity index (χ1n) is 9.63. The zero-order valence-electron chi connectivity index (χ0n) is 16.2. The molecule has 2 unspecified atom stereocenters. The number of hydrogen-bond acceptors (Lipinski definition) is 3. The van der Waals surface area contributed by atoms with E-state index in [1.54, 1.807) is 0 Å². The lowest BCUT2D eigenvalue weighted by molar-refractivity contribution is -0.135. The molecule has 1 aliphatic heterocycles. The minimum absolute atomic E-state index is 0.310. The maximum atomic E-state index is 12.7. The fourth-order valence-corrected chi connectivity index (χ4v) is 4.47. The van der Waals surface area contributed by atoms with Crippen LogP contribution in [-0.4, -0.2) is 64.9 Å². The molecule has 1 aromatic heterocycles. The molecule has 1 N–H and O–H groups in total. The van der Waals surface area contributed by atoms with Gasteiger partial charge in [0.05, 0.1) is 0 Å². The van der Waals surface area contributed by atoms with Crippen molar-refractivity contribution in [2.45, 2.75) is 44.7 Å². The number of amides is 1.